The Kier molecular flexibility index (Phi) is 3.15. The lowest BCUT2D eigenvalue weighted by atomic mass is 9.43. The van der Waals surface area contributed by atoms with Crippen LogP contribution in [0, 0.1) is 23.2 Å². The summed E-state index contributed by atoms with van der Waals surface area (Å²) in [7, 11) is 1.43. The average Bonchev–Trinajstić information content (AvgIpc) is 2.46. The molecule has 2 bridgehead atoms. The van der Waals surface area contributed by atoms with Crippen molar-refractivity contribution in [2.45, 2.75) is 39.5 Å². The average molecular weight is 272 g/mol. The lowest BCUT2D eigenvalue weighted by Crippen LogP contribution is -2.54. The molecule has 0 spiro atoms. The summed E-state index contributed by atoms with van der Waals surface area (Å²) in [5.41, 5.74) is 2.56. The molecule has 3 aliphatic carbocycles. The van der Waals surface area contributed by atoms with E-state index in [-0.39, 0.29) is 5.97 Å². The summed E-state index contributed by atoms with van der Waals surface area (Å²) < 4.78 is 4.76. The van der Waals surface area contributed by atoms with E-state index in [2.05, 4.69) is 32.9 Å². The molecule has 0 amide bonds. The van der Waals surface area contributed by atoms with E-state index in [0.29, 0.717) is 16.9 Å². The topological polar surface area (TPSA) is 26.3 Å². The van der Waals surface area contributed by atoms with Gasteiger partial charge in [0.2, 0.25) is 0 Å². The van der Waals surface area contributed by atoms with Crippen LogP contribution in [0.5, 0.6) is 0 Å². The Morgan fingerprint density at radius 2 is 1.85 bits per heavy atom. The van der Waals surface area contributed by atoms with Gasteiger partial charge in [0, 0.05) is 0 Å². The molecule has 0 aliphatic heterocycles. The molecule has 0 unspecified atom stereocenters. The molecule has 2 nitrogen and oxygen atoms in total. The van der Waals surface area contributed by atoms with Crippen LogP contribution in [-0.2, 0) is 4.74 Å². The second kappa shape index (κ2) is 4.61. The molecule has 2 heteroatoms. The molecule has 0 saturated heterocycles. The summed E-state index contributed by atoms with van der Waals surface area (Å²) in [5.74, 6) is 2.86. The molecule has 1 aromatic carbocycles. The van der Waals surface area contributed by atoms with Crippen molar-refractivity contribution in [3.8, 4) is 0 Å². The number of carbonyl (C=O) groups is 1. The number of fused-ring (bicyclic) bond motifs is 2. The summed E-state index contributed by atoms with van der Waals surface area (Å²) in [6.45, 7) is 7.26. The van der Waals surface area contributed by atoms with E-state index in [1.165, 1.54) is 25.5 Å². The second-order valence-corrected chi connectivity index (χ2v) is 7.18. The van der Waals surface area contributed by atoms with E-state index in [0.717, 1.165) is 17.8 Å². The zero-order chi connectivity index (χ0) is 14.5. The molecule has 108 valence electrons. The fourth-order valence-electron chi connectivity index (χ4n) is 4.57. The highest BCUT2D eigenvalue weighted by Gasteiger charge is 2.56. The third-order valence-electron chi connectivity index (χ3n) is 6.11. The van der Waals surface area contributed by atoms with Gasteiger partial charge in [0.1, 0.15) is 0 Å². The molecular weight excluding hydrogens is 248 g/mol. The van der Waals surface area contributed by atoms with Crippen LogP contribution < -0.4 is 0 Å². The fraction of sp³-hybridized carbons (Fsp3) is 0.611. The number of methoxy groups -OCH3 is 1. The van der Waals surface area contributed by atoms with Crippen molar-refractivity contribution in [3.63, 3.8) is 0 Å². The minimum atomic E-state index is -0.253. The van der Waals surface area contributed by atoms with Gasteiger partial charge in [0.05, 0.1) is 12.7 Å². The molecule has 0 heterocycles. The lowest BCUT2D eigenvalue weighted by Gasteiger charge is -2.62. The largest absolute Gasteiger partial charge is 0.465 e. The molecule has 0 N–H and O–H groups in total. The SMILES string of the molecule is COC(=O)c1ccc([C@@H]2C[C@H]3C[C@@H]([C@@H]2C)C3(C)C)cc1. The Morgan fingerprint density at radius 3 is 2.35 bits per heavy atom. The highest BCUT2D eigenvalue weighted by atomic mass is 16.5. The van der Waals surface area contributed by atoms with Crippen LogP contribution in [0.15, 0.2) is 24.3 Å². The Bertz CT molecular complexity index is 515. The third kappa shape index (κ3) is 1.88. The Labute approximate surface area is 121 Å². The highest BCUT2D eigenvalue weighted by Crippen LogP contribution is 2.64. The maximum Gasteiger partial charge on any atom is 0.337 e. The quantitative estimate of drug-likeness (QED) is 0.752. The van der Waals surface area contributed by atoms with E-state index in [4.69, 9.17) is 4.74 Å². The van der Waals surface area contributed by atoms with Gasteiger partial charge in [0.15, 0.2) is 0 Å². The Balaban J connectivity index is 1.79. The summed E-state index contributed by atoms with van der Waals surface area (Å²) in [4.78, 5) is 11.5. The van der Waals surface area contributed by atoms with Gasteiger partial charge in [-0.3, -0.25) is 0 Å². The van der Waals surface area contributed by atoms with Gasteiger partial charge < -0.3 is 4.74 Å². The number of carbonyl (C=O) groups excluding carboxylic acids is 1. The van der Waals surface area contributed by atoms with Crippen LogP contribution >= 0.6 is 0 Å². The molecule has 4 rings (SSSR count). The molecule has 1 aromatic rings. The first kappa shape index (κ1) is 13.7. The zero-order valence-electron chi connectivity index (χ0n) is 12.8. The highest BCUT2D eigenvalue weighted by molar-refractivity contribution is 5.89. The van der Waals surface area contributed by atoms with E-state index < -0.39 is 0 Å². The monoisotopic (exact) mass is 272 g/mol. The first-order chi connectivity index (χ1) is 9.45. The predicted molar refractivity (Wildman–Crippen MR) is 79.7 cm³/mol. The van der Waals surface area contributed by atoms with E-state index >= 15 is 0 Å². The number of rotatable bonds is 2. The minimum absolute atomic E-state index is 0.253. The van der Waals surface area contributed by atoms with Crippen molar-refractivity contribution >= 4 is 5.97 Å². The Hall–Kier alpha value is -1.31. The maximum atomic E-state index is 11.5. The fourth-order valence-corrected chi connectivity index (χ4v) is 4.57. The maximum absolute atomic E-state index is 11.5. The Morgan fingerprint density at radius 1 is 1.20 bits per heavy atom. The molecule has 20 heavy (non-hydrogen) atoms. The number of ether oxygens (including phenoxy) is 1. The molecule has 3 aliphatic rings. The van der Waals surface area contributed by atoms with Crippen LogP contribution in [0.25, 0.3) is 0 Å². The molecule has 0 aromatic heterocycles. The van der Waals surface area contributed by atoms with Crippen molar-refractivity contribution in [2.75, 3.05) is 7.11 Å². The van der Waals surface area contributed by atoms with Gasteiger partial charge in [-0.1, -0.05) is 32.9 Å². The molecule has 3 fully saturated rings. The predicted octanol–water partition coefficient (Wildman–Crippen LogP) is 4.26. The summed E-state index contributed by atoms with van der Waals surface area (Å²) in [6.07, 6.45) is 2.70. The van der Waals surface area contributed by atoms with Gasteiger partial charge in [0.25, 0.3) is 0 Å². The number of hydrogen-bond acceptors (Lipinski definition) is 2. The zero-order valence-corrected chi connectivity index (χ0v) is 12.8. The smallest absolute Gasteiger partial charge is 0.337 e. The van der Waals surface area contributed by atoms with Gasteiger partial charge in [-0.25, -0.2) is 4.79 Å². The van der Waals surface area contributed by atoms with Crippen LogP contribution in [0.4, 0.5) is 0 Å². The first-order valence-electron chi connectivity index (χ1n) is 7.63. The van der Waals surface area contributed by atoms with E-state index in [1.54, 1.807) is 0 Å². The van der Waals surface area contributed by atoms with Gasteiger partial charge >= 0.3 is 5.97 Å². The molecule has 0 radical (unpaired) electrons. The van der Waals surface area contributed by atoms with Crippen LogP contribution in [0.3, 0.4) is 0 Å². The number of hydrogen-bond donors (Lipinski definition) is 0. The normalized spacial score (nSPS) is 34.2. The van der Waals surface area contributed by atoms with E-state index in [9.17, 15) is 4.79 Å². The minimum Gasteiger partial charge on any atom is -0.465 e. The van der Waals surface area contributed by atoms with Gasteiger partial charge in [-0.2, -0.15) is 0 Å². The van der Waals surface area contributed by atoms with Crippen molar-refractivity contribution in [2.24, 2.45) is 23.2 Å². The standard InChI is InChI=1S/C18H24O2/c1-11-15(9-14-10-16(11)18(14,2)3)12-5-7-13(8-6-12)17(19)20-4/h5-8,11,14-16H,9-10H2,1-4H3/t11-,14+,15-,16+/m1/s1. The van der Waals surface area contributed by atoms with Crippen molar-refractivity contribution in [3.05, 3.63) is 35.4 Å². The van der Waals surface area contributed by atoms with Crippen molar-refractivity contribution in [1.29, 1.82) is 0 Å². The summed E-state index contributed by atoms with van der Waals surface area (Å²) in [6, 6.07) is 8.04. The van der Waals surface area contributed by atoms with Crippen LogP contribution in [0.1, 0.15) is 55.5 Å². The number of benzene rings is 1. The summed E-state index contributed by atoms with van der Waals surface area (Å²) >= 11 is 0. The van der Waals surface area contributed by atoms with Gasteiger partial charge in [-0.05, 0) is 59.6 Å². The molecule has 4 atom stereocenters. The van der Waals surface area contributed by atoms with Crippen LogP contribution in [0.2, 0.25) is 0 Å². The van der Waals surface area contributed by atoms with E-state index in [1.807, 2.05) is 12.1 Å². The molecular formula is C18H24O2. The number of esters is 1. The summed E-state index contributed by atoms with van der Waals surface area (Å²) in [5, 5.41) is 0. The second-order valence-electron chi connectivity index (χ2n) is 7.18. The van der Waals surface area contributed by atoms with Gasteiger partial charge in [-0.15, -0.1) is 0 Å². The van der Waals surface area contributed by atoms with Crippen molar-refractivity contribution < 1.29 is 9.53 Å². The third-order valence-corrected chi connectivity index (χ3v) is 6.11. The van der Waals surface area contributed by atoms with Crippen molar-refractivity contribution in [1.82, 2.24) is 0 Å². The first-order valence-corrected chi connectivity index (χ1v) is 7.63. The van der Waals surface area contributed by atoms with Crippen LogP contribution in [-0.4, -0.2) is 13.1 Å². The lowest BCUT2D eigenvalue weighted by molar-refractivity contribution is -0.110. The molecule has 3 saturated carbocycles.